The largest absolute Gasteiger partial charge is 0.506 e. The van der Waals surface area contributed by atoms with E-state index in [-0.39, 0.29) is 38.3 Å². The van der Waals surface area contributed by atoms with Gasteiger partial charge in [0.25, 0.3) is 11.8 Å². The summed E-state index contributed by atoms with van der Waals surface area (Å²) in [5.74, 6) is -3.36. The molecule has 3 aromatic rings. The fourth-order valence-electron chi connectivity index (χ4n) is 2.66. The number of rotatable bonds is 1. The summed E-state index contributed by atoms with van der Waals surface area (Å²) in [7, 11) is 0. The average Bonchev–Trinajstić information content (AvgIpc) is 2.95. The monoisotopic (exact) mass is 452 g/mol. The molecular formula is C20H12Cl2F2N2O4. The van der Waals surface area contributed by atoms with Gasteiger partial charge in [-0.15, -0.1) is 0 Å². The SMILES string of the molecule is Nc1cc(O)c(Cl)cc1F.O=C1c2ccccc2C(=O)N1c1cc(O)c(Cl)cc1F. The maximum absolute atomic E-state index is 13.9. The first-order chi connectivity index (χ1) is 14.1. The lowest BCUT2D eigenvalue weighted by Crippen LogP contribution is -2.30. The molecule has 0 unspecified atom stereocenters. The van der Waals surface area contributed by atoms with E-state index >= 15 is 0 Å². The van der Waals surface area contributed by atoms with Gasteiger partial charge in [-0.3, -0.25) is 9.59 Å². The summed E-state index contributed by atoms with van der Waals surface area (Å²) in [4.78, 5) is 25.1. The highest BCUT2D eigenvalue weighted by Gasteiger charge is 2.38. The minimum absolute atomic E-state index is 0.0355. The van der Waals surface area contributed by atoms with Crippen LogP contribution < -0.4 is 10.6 Å². The number of benzene rings is 3. The molecule has 0 aliphatic carbocycles. The number of fused-ring (bicyclic) bond motifs is 1. The van der Waals surface area contributed by atoms with Crippen molar-refractivity contribution in [2.24, 2.45) is 0 Å². The van der Waals surface area contributed by atoms with Crippen LogP contribution in [0, 0.1) is 11.6 Å². The molecule has 4 rings (SSSR count). The summed E-state index contributed by atoms with van der Waals surface area (Å²) < 4.78 is 26.3. The fourth-order valence-corrected chi connectivity index (χ4v) is 2.96. The van der Waals surface area contributed by atoms with Gasteiger partial charge in [-0.25, -0.2) is 13.7 Å². The molecule has 0 fully saturated rings. The highest BCUT2D eigenvalue weighted by atomic mass is 35.5. The third-order valence-corrected chi connectivity index (χ3v) is 4.72. The average molecular weight is 453 g/mol. The molecule has 6 nitrogen and oxygen atoms in total. The molecule has 1 heterocycles. The maximum Gasteiger partial charge on any atom is 0.266 e. The molecule has 0 saturated carbocycles. The van der Waals surface area contributed by atoms with Crippen LogP contribution in [0.2, 0.25) is 10.0 Å². The van der Waals surface area contributed by atoms with Crippen molar-refractivity contribution >= 4 is 46.4 Å². The Bertz CT molecular complexity index is 1100. The Hall–Kier alpha value is -3.36. The molecular weight excluding hydrogens is 441 g/mol. The van der Waals surface area contributed by atoms with Crippen molar-refractivity contribution in [1.29, 1.82) is 0 Å². The molecule has 1 aliphatic heterocycles. The van der Waals surface area contributed by atoms with Crippen LogP contribution in [-0.4, -0.2) is 22.0 Å². The van der Waals surface area contributed by atoms with Crippen LogP contribution in [-0.2, 0) is 0 Å². The molecule has 0 radical (unpaired) electrons. The number of imide groups is 1. The molecule has 0 spiro atoms. The van der Waals surface area contributed by atoms with Gasteiger partial charge in [-0.05, 0) is 24.3 Å². The van der Waals surface area contributed by atoms with Gasteiger partial charge in [0.1, 0.15) is 23.1 Å². The number of phenolic OH excluding ortho intramolecular Hbond substituents is 2. The second-order valence-electron chi connectivity index (χ2n) is 6.07. The van der Waals surface area contributed by atoms with E-state index in [9.17, 15) is 23.5 Å². The van der Waals surface area contributed by atoms with Crippen molar-refractivity contribution in [2.75, 3.05) is 10.6 Å². The van der Waals surface area contributed by atoms with E-state index in [1.54, 1.807) is 12.1 Å². The van der Waals surface area contributed by atoms with Gasteiger partial charge >= 0.3 is 0 Å². The number of hydrogen-bond donors (Lipinski definition) is 3. The van der Waals surface area contributed by atoms with Gasteiger partial charge in [0.2, 0.25) is 0 Å². The number of nitrogen functional groups attached to an aromatic ring is 1. The van der Waals surface area contributed by atoms with Crippen molar-refractivity contribution in [2.45, 2.75) is 0 Å². The summed E-state index contributed by atoms with van der Waals surface area (Å²) >= 11 is 10.9. The van der Waals surface area contributed by atoms with Crippen LogP contribution in [0.5, 0.6) is 11.5 Å². The van der Waals surface area contributed by atoms with E-state index in [1.807, 2.05) is 0 Å². The summed E-state index contributed by atoms with van der Waals surface area (Å²) in [6.07, 6.45) is 0. The maximum atomic E-state index is 13.9. The molecule has 3 aromatic carbocycles. The number of nitrogens with two attached hydrogens (primary N) is 1. The van der Waals surface area contributed by atoms with Crippen molar-refractivity contribution in [1.82, 2.24) is 0 Å². The highest BCUT2D eigenvalue weighted by Crippen LogP contribution is 2.35. The second-order valence-corrected chi connectivity index (χ2v) is 6.89. The van der Waals surface area contributed by atoms with E-state index in [2.05, 4.69) is 0 Å². The quantitative estimate of drug-likeness (QED) is 0.365. The minimum atomic E-state index is -0.859. The number of carbonyl (C=O) groups is 2. The topological polar surface area (TPSA) is 104 Å². The Kier molecular flexibility index (Phi) is 5.82. The predicted molar refractivity (Wildman–Crippen MR) is 108 cm³/mol. The highest BCUT2D eigenvalue weighted by molar-refractivity contribution is 6.35. The number of carbonyl (C=O) groups excluding carboxylic acids is 2. The first kappa shape index (κ1) is 21.4. The number of halogens is 4. The molecule has 2 amide bonds. The molecule has 0 atom stereocenters. The molecule has 10 heteroatoms. The Morgan fingerprint density at radius 1 is 0.800 bits per heavy atom. The third kappa shape index (κ3) is 3.87. The molecule has 0 saturated heterocycles. The Morgan fingerprint density at radius 3 is 1.77 bits per heavy atom. The van der Waals surface area contributed by atoms with Crippen LogP contribution >= 0.6 is 23.2 Å². The van der Waals surface area contributed by atoms with Gasteiger partial charge in [-0.1, -0.05) is 35.3 Å². The van der Waals surface area contributed by atoms with E-state index in [1.165, 1.54) is 12.1 Å². The van der Waals surface area contributed by atoms with Gasteiger partial charge in [0.05, 0.1) is 32.5 Å². The number of anilines is 2. The summed E-state index contributed by atoms with van der Waals surface area (Å²) in [6, 6.07) is 10.1. The number of phenols is 2. The van der Waals surface area contributed by atoms with Gasteiger partial charge in [0.15, 0.2) is 0 Å². The van der Waals surface area contributed by atoms with Crippen molar-refractivity contribution < 1.29 is 28.6 Å². The third-order valence-electron chi connectivity index (χ3n) is 4.12. The zero-order valence-corrected chi connectivity index (χ0v) is 16.4. The van der Waals surface area contributed by atoms with Crippen molar-refractivity contribution in [3.8, 4) is 11.5 Å². The van der Waals surface area contributed by atoms with E-state index in [0.29, 0.717) is 4.90 Å². The predicted octanol–water partition coefficient (Wildman–Crippen LogP) is 4.75. The number of amides is 2. The Morgan fingerprint density at radius 2 is 1.27 bits per heavy atom. The summed E-state index contributed by atoms with van der Waals surface area (Å²) in [5, 5.41) is 18.1. The van der Waals surface area contributed by atoms with Crippen LogP contribution in [0.1, 0.15) is 20.7 Å². The van der Waals surface area contributed by atoms with Crippen molar-refractivity contribution in [3.63, 3.8) is 0 Å². The zero-order chi connectivity index (χ0) is 22.2. The lowest BCUT2D eigenvalue weighted by atomic mass is 10.1. The number of aromatic hydroxyl groups is 2. The first-order valence-corrected chi connectivity index (χ1v) is 8.96. The van der Waals surface area contributed by atoms with E-state index in [0.717, 1.165) is 24.3 Å². The molecule has 4 N–H and O–H groups in total. The second kappa shape index (κ2) is 8.17. The van der Waals surface area contributed by atoms with Crippen LogP contribution in [0.25, 0.3) is 0 Å². The molecule has 30 heavy (non-hydrogen) atoms. The van der Waals surface area contributed by atoms with Gasteiger partial charge < -0.3 is 15.9 Å². The van der Waals surface area contributed by atoms with Crippen molar-refractivity contribution in [3.05, 3.63) is 81.3 Å². The Balaban J connectivity index is 0.000000216. The fraction of sp³-hybridized carbons (Fsp3) is 0. The Labute approximate surface area is 178 Å². The summed E-state index contributed by atoms with van der Waals surface area (Å²) in [5.41, 5.74) is 5.07. The number of nitrogens with zero attached hydrogens (tertiary/aromatic N) is 1. The minimum Gasteiger partial charge on any atom is -0.506 e. The smallest absolute Gasteiger partial charge is 0.266 e. The lowest BCUT2D eigenvalue weighted by Gasteiger charge is -2.15. The van der Waals surface area contributed by atoms with E-state index < -0.39 is 29.2 Å². The van der Waals surface area contributed by atoms with Crippen LogP contribution in [0.4, 0.5) is 20.2 Å². The molecule has 1 aliphatic rings. The standard InChI is InChI=1S/C14H7ClFNO3.C6H5ClFNO/c15-9-5-10(16)11(6-12(9)18)17-13(19)7-3-1-2-4-8(7)14(17)20;7-3-1-4(8)5(9)2-6(3)10/h1-6,18H;1-2,10H,9H2. The van der Waals surface area contributed by atoms with Crippen LogP contribution in [0.3, 0.4) is 0 Å². The molecule has 0 bridgehead atoms. The molecule has 154 valence electrons. The summed E-state index contributed by atoms with van der Waals surface area (Å²) in [6.45, 7) is 0. The van der Waals surface area contributed by atoms with Gasteiger partial charge in [-0.2, -0.15) is 0 Å². The lowest BCUT2D eigenvalue weighted by molar-refractivity contribution is 0.0925. The normalized spacial score (nSPS) is 12.5. The molecule has 0 aromatic heterocycles. The van der Waals surface area contributed by atoms with E-state index in [4.69, 9.17) is 34.0 Å². The van der Waals surface area contributed by atoms with Gasteiger partial charge in [0, 0.05) is 12.1 Å². The van der Waals surface area contributed by atoms with Crippen LogP contribution in [0.15, 0.2) is 48.5 Å². The zero-order valence-electron chi connectivity index (χ0n) is 14.9. The number of hydrogen-bond acceptors (Lipinski definition) is 5. The first-order valence-electron chi connectivity index (χ1n) is 8.21.